The summed E-state index contributed by atoms with van der Waals surface area (Å²) in [6.45, 7) is 0.0402. The highest BCUT2D eigenvalue weighted by atomic mass is 32.2. The molecule has 1 spiro atoms. The van der Waals surface area contributed by atoms with E-state index in [9.17, 15) is 22.0 Å². The number of nitrogens with one attached hydrogen (secondary N) is 1. The van der Waals surface area contributed by atoms with Crippen LogP contribution in [0, 0.1) is 11.6 Å². The molecule has 5 nitrogen and oxygen atoms in total. The van der Waals surface area contributed by atoms with Gasteiger partial charge in [0.15, 0.2) is 0 Å². The molecule has 2 aliphatic heterocycles. The van der Waals surface area contributed by atoms with Gasteiger partial charge in [-0.05, 0) is 30.2 Å². The van der Waals surface area contributed by atoms with Crippen LogP contribution >= 0.6 is 0 Å². The molecule has 2 heterocycles. The van der Waals surface area contributed by atoms with E-state index in [1.807, 2.05) is 0 Å². The average Bonchev–Trinajstić information content (AvgIpc) is 3.12. The van der Waals surface area contributed by atoms with Crippen molar-refractivity contribution in [2.75, 3.05) is 18.4 Å². The van der Waals surface area contributed by atoms with Crippen molar-refractivity contribution < 1.29 is 22.0 Å². The molecule has 130 valence electrons. The Balaban J connectivity index is 1.72. The summed E-state index contributed by atoms with van der Waals surface area (Å²) < 4.78 is 53.5. The van der Waals surface area contributed by atoms with Crippen LogP contribution in [0.1, 0.15) is 12.0 Å². The Morgan fingerprint density at radius 3 is 2.48 bits per heavy atom. The zero-order valence-corrected chi connectivity index (χ0v) is 13.8. The van der Waals surface area contributed by atoms with Gasteiger partial charge in [-0.25, -0.2) is 17.2 Å². The third-order valence-corrected chi connectivity index (χ3v) is 6.66. The molecular weight excluding hydrogens is 350 g/mol. The van der Waals surface area contributed by atoms with Crippen LogP contribution in [0.2, 0.25) is 0 Å². The quantitative estimate of drug-likeness (QED) is 0.889. The fourth-order valence-electron chi connectivity index (χ4n) is 3.59. The fraction of sp³-hybridized carbons (Fsp3) is 0.235. The Morgan fingerprint density at radius 1 is 1.08 bits per heavy atom. The van der Waals surface area contributed by atoms with Crippen molar-refractivity contribution in [1.29, 1.82) is 0 Å². The number of fused-ring (bicyclic) bond motifs is 2. The lowest BCUT2D eigenvalue weighted by atomic mass is 9.81. The Hall–Kier alpha value is -2.32. The van der Waals surface area contributed by atoms with Crippen molar-refractivity contribution in [2.45, 2.75) is 16.7 Å². The number of carbonyl (C=O) groups excluding carboxylic acids is 1. The van der Waals surface area contributed by atoms with Gasteiger partial charge in [-0.2, -0.15) is 4.31 Å². The first-order valence-electron chi connectivity index (χ1n) is 7.70. The predicted molar refractivity (Wildman–Crippen MR) is 86.5 cm³/mol. The first kappa shape index (κ1) is 16.2. The first-order valence-corrected chi connectivity index (χ1v) is 9.14. The van der Waals surface area contributed by atoms with Crippen LogP contribution < -0.4 is 5.32 Å². The summed E-state index contributed by atoms with van der Waals surface area (Å²) in [5, 5.41) is 2.78. The highest BCUT2D eigenvalue weighted by molar-refractivity contribution is 7.89. The minimum Gasteiger partial charge on any atom is -0.325 e. The second-order valence-electron chi connectivity index (χ2n) is 6.28. The minimum absolute atomic E-state index is 0.0592. The molecular formula is C17H14F2N2O3S. The normalized spacial score (nSPS) is 23.0. The molecule has 2 aromatic carbocycles. The summed E-state index contributed by atoms with van der Waals surface area (Å²) in [5.41, 5.74) is 0.460. The molecule has 0 saturated carbocycles. The van der Waals surface area contributed by atoms with Crippen molar-refractivity contribution in [3.63, 3.8) is 0 Å². The number of rotatable bonds is 2. The molecule has 1 N–H and O–H groups in total. The highest BCUT2D eigenvalue weighted by Crippen LogP contribution is 2.45. The average molecular weight is 364 g/mol. The first-order chi connectivity index (χ1) is 11.8. The van der Waals surface area contributed by atoms with Gasteiger partial charge in [0.1, 0.15) is 11.6 Å². The van der Waals surface area contributed by atoms with Gasteiger partial charge in [0, 0.05) is 24.8 Å². The minimum atomic E-state index is -4.10. The molecule has 0 radical (unpaired) electrons. The third kappa shape index (κ3) is 2.36. The van der Waals surface area contributed by atoms with E-state index in [-0.39, 0.29) is 19.0 Å². The Labute approximate surface area is 143 Å². The van der Waals surface area contributed by atoms with Gasteiger partial charge in [-0.1, -0.05) is 18.2 Å². The van der Waals surface area contributed by atoms with Gasteiger partial charge in [-0.15, -0.1) is 0 Å². The Bertz CT molecular complexity index is 973. The molecule has 1 atom stereocenters. The van der Waals surface area contributed by atoms with E-state index in [1.165, 1.54) is 0 Å². The number of hydrogen-bond donors (Lipinski definition) is 1. The number of sulfonamides is 1. The number of hydrogen-bond acceptors (Lipinski definition) is 3. The van der Waals surface area contributed by atoms with E-state index in [0.29, 0.717) is 18.2 Å². The van der Waals surface area contributed by atoms with Crippen LogP contribution in [0.5, 0.6) is 0 Å². The molecule has 25 heavy (non-hydrogen) atoms. The molecule has 2 aliphatic rings. The topological polar surface area (TPSA) is 66.5 Å². The smallest absolute Gasteiger partial charge is 0.243 e. The predicted octanol–water partition coefficient (Wildman–Crippen LogP) is 2.25. The summed E-state index contributed by atoms with van der Waals surface area (Å²) in [7, 11) is -4.10. The van der Waals surface area contributed by atoms with E-state index in [2.05, 4.69) is 5.32 Å². The van der Waals surface area contributed by atoms with E-state index in [4.69, 9.17) is 0 Å². The van der Waals surface area contributed by atoms with Crippen LogP contribution in [-0.2, 0) is 20.2 Å². The van der Waals surface area contributed by atoms with Gasteiger partial charge in [-0.3, -0.25) is 4.79 Å². The maximum Gasteiger partial charge on any atom is 0.243 e. The summed E-state index contributed by atoms with van der Waals surface area (Å²) in [6.07, 6.45) is 0.312. The Kier molecular flexibility index (Phi) is 3.45. The maximum atomic E-state index is 13.4. The molecule has 1 amide bonds. The van der Waals surface area contributed by atoms with Crippen LogP contribution in [-0.4, -0.2) is 31.7 Å². The SMILES string of the molecule is O=C1Nc2ccccc2C12CCN(S(=O)(=O)c1cc(F)cc(F)c1)C2. The standard InChI is InChI=1S/C17H14F2N2O3S/c18-11-7-12(19)9-13(8-11)25(23,24)21-6-5-17(10-21)14-3-1-2-4-15(14)20-16(17)22/h1-4,7-9H,5-6,10H2,(H,20,22). The van der Waals surface area contributed by atoms with Gasteiger partial charge < -0.3 is 5.32 Å². The number of halogens is 2. The molecule has 0 aliphatic carbocycles. The summed E-state index contributed by atoms with van der Waals surface area (Å²) in [6, 6.07) is 9.33. The molecule has 1 saturated heterocycles. The number of carbonyl (C=O) groups is 1. The fourth-order valence-corrected chi connectivity index (χ4v) is 5.13. The number of para-hydroxylation sites is 1. The zero-order chi connectivity index (χ0) is 17.8. The van der Waals surface area contributed by atoms with E-state index >= 15 is 0 Å². The van der Waals surface area contributed by atoms with Gasteiger partial charge in [0.25, 0.3) is 0 Å². The Morgan fingerprint density at radius 2 is 1.76 bits per heavy atom. The number of nitrogens with zero attached hydrogens (tertiary/aromatic N) is 1. The molecule has 4 rings (SSSR count). The third-order valence-electron chi connectivity index (χ3n) is 4.83. The molecule has 8 heteroatoms. The number of amides is 1. The monoisotopic (exact) mass is 364 g/mol. The zero-order valence-electron chi connectivity index (χ0n) is 13.0. The molecule has 0 bridgehead atoms. The highest BCUT2D eigenvalue weighted by Gasteiger charge is 2.53. The van der Waals surface area contributed by atoms with Crippen LogP contribution in [0.25, 0.3) is 0 Å². The van der Waals surface area contributed by atoms with Crippen LogP contribution in [0.4, 0.5) is 14.5 Å². The van der Waals surface area contributed by atoms with Crippen molar-refractivity contribution in [3.05, 3.63) is 59.7 Å². The van der Waals surface area contributed by atoms with E-state index < -0.39 is 32.0 Å². The molecule has 1 fully saturated rings. The molecule has 1 unspecified atom stereocenters. The second kappa shape index (κ2) is 5.34. The molecule has 0 aromatic heterocycles. The van der Waals surface area contributed by atoms with Crippen LogP contribution in [0.3, 0.4) is 0 Å². The second-order valence-corrected chi connectivity index (χ2v) is 8.21. The lowest BCUT2D eigenvalue weighted by Crippen LogP contribution is -2.39. The summed E-state index contributed by atoms with van der Waals surface area (Å²) in [5.74, 6) is -2.18. The summed E-state index contributed by atoms with van der Waals surface area (Å²) in [4.78, 5) is 12.1. The van der Waals surface area contributed by atoms with Crippen molar-refractivity contribution >= 4 is 21.6 Å². The number of benzene rings is 2. The lowest BCUT2D eigenvalue weighted by molar-refractivity contribution is -0.120. The largest absolute Gasteiger partial charge is 0.325 e. The lowest BCUT2D eigenvalue weighted by Gasteiger charge is -2.22. The maximum absolute atomic E-state index is 13.4. The van der Waals surface area contributed by atoms with Gasteiger partial charge in [0.05, 0.1) is 10.3 Å². The van der Waals surface area contributed by atoms with Gasteiger partial charge >= 0.3 is 0 Å². The van der Waals surface area contributed by atoms with E-state index in [0.717, 1.165) is 22.0 Å². The van der Waals surface area contributed by atoms with Crippen molar-refractivity contribution in [3.8, 4) is 0 Å². The summed E-state index contributed by atoms with van der Waals surface area (Å²) >= 11 is 0. The number of anilines is 1. The van der Waals surface area contributed by atoms with Gasteiger partial charge in [0.2, 0.25) is 15.9 Å². The van der Waals surface area contributed by atoms with Crippen molar-refractivity contribution in [2.24, 2.45) is 0 Å². The van der Waals surface area contributed by atoms with E-state index in [1.54, 1.807) is 24.3 Å². The van der Waals surface area contributed by atoms with Crippen molar-refractivity contribution in [1.82, 2.24) is 4.31 Å². The molecule has 2 aromatic rings. The van der Waals surface area contributed by atoms with Crippen LogP contribution in [0.15, 0.2) is 47.4 Å².